The van der Waals surface area contributed by atoms with Crippen molar-refractivity contribution >= 4 is 51.6 Å². The lowest BCUT2D eigenvalue weighted by atomic mass is 10.1. The van der Waals surface area contributed by atoms with Crippen molar-refractivity contribution in [3.8, 4) is 23.1 Å². The molecule has 2 aromatic heterocycles. The van der Waals surface area contributed by atoms with E-state index in [0.717, 1.165) is 47.6 Å². The first-order chi connectivity index (χ1) is 22.7. The van der Waals surface area contributed by atoms with Crippen LogP contribution in [-0.4, -0.2) is 71.2 Å². The van der Waals surface area contributed by atoms with Gasteiger partial charge in [-0.25, -0.2) is 4.98 Å². The van der Waals surface area contributed by atoms with E-state index in [2.05, 4.69) is 16.0 Å². The lowest BCUT2D eigenvalue weighted by molar-refractivity contribution is 0.0619. The zero-order valence-electron chi connectivity index (χ0n) is 25.8. The zero-order chi connectivity index (χ0) is 32.7. The molecule has 0 unspecified atom stereocenters. The number of rotatable bonds is 7. The molecule has 2 amide bonds. The van der Waals surface area contributed by atoms with Crippen molar-refractivity contribution in [2.45, 2.75) is 6.54 Å². The lowest BCUT2D eigenvalue weighted by Gasteiger charge is -2.34. The number of halogens is 2. The predicted molar refractivity (Wildman–Crippen MR) is 180 cm³/mol. The van der Waals surface area contributed by atoms with Crippen molar-refractivity contribution < 1.29 is 23.8 Å². The number of ether oxygens (including phenoxy) is 3. The first-order valence-electron chi connectivity index (χ1n) is 15.1. The summed E-state index contributed by atoms with van der Waals surface area (Å²) in [5, 5.41) is 1.58. The molecule has 0 N–H and O–H groups in total. The van der Waals surface area contributed by atoms with Crippen molar-refractivity contribution in [2.24, 2.45) is 7.05 Å². The van der Waals surface area contributed by atoms with Crippen molar-refractivity contribution in [3.05, 3.63) is 106 Å². The van der Waals surface area contributed by atoms with Crippen LogP contribution in [0.4, 0.5) is 5.69 Å². The van der Waals surface area contributed by atoms with Gasteiger partial charge < -0.3 is 28.6 Å². The maximum Gasteiger partial charge on any atom is 0.270 e. The third-order valence-electron chi connectivity index (χ3n) is 8.54. The van der Waals surface area contributed by atoms with Gasteiger partial charge in [-0.15, -0.1) is 0 Å². The van der Waals surface area contributed by atoms with Gasteiger partial charge >= 0.3 is 0 Å². The Bertz CT molecular complexity index is 1990. The highest BCUT2D eigenvalue weighted by Gasteiger charge is 2.25. The summed E-state index contributed by atoms with van der Waals surface area (Å²) in [5.41, 5.74) is 3.71. The first-order valence-corrected chi connectivity index (χ1v) is 15.9. The fourth-order valence-corrected chi connectivity index (χ4v) is 6.15. The van der Waals surface area contributed by atoms with Crippen LogP contribution in [0.3, 0.4) is 0 Å². The van der Waals surface area contributed by atoms with Gasteiger partial charge in [0.1, 0.15) is 11.4 Å². The van der Waals surface area contributed by atoms with Crippen molar-refractivity contribution in [3.63, 3.8) is 0 Å². The van der Waals surface area contributed by atoms with Gasteiger partial charge in [-0.2, -0.15) is 0 Å². The Morgan fingerprint density at radius 1 is 0.894 bits per heavy atom. The van der Waals surface area contributed by atoms with Gasteiger partial charge in [0.05, 0.1) is 21.9 Å². The van der Waals surface area contributed by atoms with E-state index in [-0.39, 0.29) is 18.6 Å². The molecule has 2 aliphatic heterocycles. The fraction of sp³-hybridized carbons (Fsp3) is 0.229. The number of hydrogen-bond acceptors (Lipinski definition) is 7. The van der Waals surface area contributed by atoms with E-state index in [0.29, 0.717) is 51.7 Å². The standard InChI is InChI=1S/C35H31Cl2N5O5/c1-39(34(43)23-4-7-27(36)28(37)17-23)25-5-10-33(38-19-25)47-26-6-8-29-24(16-26)18-30(40(29)2)35(44)42-13-11-41(12-14-42)20-22-3-9-31-32(15-22)46-21-45-31/h3-10,15-19H,11-14,20-21H2,1-2H3. The summed E-state index contributed by atoms with van der Waals surface area (Å²) < 4.78 is 18.9. The second kappa shape index (κ2) is 12.8. The molecule has 47 heavy (non-hydrogen) atoms. The molecule has 7 rings (SSSR count). The number of benzene rings is 3. The summed E-state index contributed by atoms with van der Waals surface area (Å²) in [4.78, 5) is 36.7. The Morgan fingerprint density at radius 3 is 2.47 bits per heavy atom. The number of pyridine rings is 1. The Labute approximate surface area is 281 Å². The summed E-state index contributed by atoms with van der Waals surface area (Å²) in [5.74, 6) is 2.28. The van der Waals surface area contributed by atoms with Crippen LogP contribution in [0.1, 0.15) is 26.4 Å². The van der Waals surface area contributed by atoms with Crippen LogP contribution in [0.25, 0.3) is 10.9 Å². The van der Waals surface area contributed by atoms with Gasteiger partial charge in [-0.05, 0) is 66.2 Å². The fourth-order valence-electron chi connectivity index (χ4n) is 5.86. The quantitative estimate of drug-likeness (QED) is 0.192. The number of carbonyl (C=O) groups excluding carboxylic acids is 2. The molecule has 5 aromatic rings. The number of amides is 2. The molecular formula is C35H31Cl2N5O5. The van der Waals surface area contributed by atoms with Crippen LogP contribution in [0.2, 0.25) is 10.0 Å². The molecule has 0 atom stereocenters. The Balaban J connectivity index is 0.978. The van der Waals surface area contributed by atoms with Crippen LogP contribution < -0.4 is 19.1 Å². The molecule has 2 aliphatic rings. The second-order valence-electron chi connectivity index (χ2n) is 11.5. The maximum absolute atomic E-state index is 13.6. The number of aromatic nitrogens is 2. The van der Waals surface area contributed by atoms with Gasteiger partial charge in [0.15, 0.2) is 11.5 Å². The molecular weight excluding hydrogens is 641 g/mol. The lowest BCUT2D eigenvalue weighted by Crippen LogP contribution is -2.48. The number of hydrogen-bond donors (Lipinski definition) is 0. The topological polar surface area (TPSA) is 89.4 Å². The smallest absolute Gasteiger partial charge is 0.270 e. The van der Waals surface area contributed by atoms with Crippen LogP contribution >= 0.6 is 23.2 Å². The molecule has 0 spiro atoms. The third kappa shape index (κ3) is 6.32. The molecule has 0 radical (unpaired) electrons. The van der Waals surface area contributed by atoms with E-state index >= 15 is 0 Å². The molecule has 240 valence electrons. The number of piperazine rings is 1. The Kier molecular flexibility index (Phi) is 8.40. The van der Waals surface area contributed by atoms with Gasteiger partial charge in [-0.3, -0.25) is 14.5 Å². The predicted octanol–water partition coefficient (Wildman–Crippen LogP) is 6.64. The molecule has 10 nitrogen and oxygen atoms in total. The second-order valence-corrected chi connectivity index (χ2v) is 12.3. The van der Waals surface area contributed by atoms with Crippen molar-refractivity contribution in [1.82, 2.24) is 19.4 Å². The van der Waals surface area contributed by atoms with E-state index in [9.17, 15) is 9.59 Å². The molecule has 3 aromatic carbocycles. The van der Waals surface area contributed by atoms with Crippen molar-refractivity contribution in [2.75, 3.05) is 44.9 Å². The summed E-state index contributed by atoms with van der Waals surface area (Å²) >= 11 is 12.1. The Hall–Kier alpha value is -4.77. The monoisotopic (exact) mass is 671 g/mol. The van der Waals surface area contributed by atoms with Crippen molar-refractivity contribution in [1.29, 1.82) is 0 Å². The van der Waals surface area contributed by atoms with E-state index in [1.807, 2.05) is 52.9 Å². The van der Waals surface area contributed by atoms with Crippen LogP contribution in [-0.2, 0) is 13.6 Å². The number of nitrogens with zero attached hydrogens (tertiary/aromatic N) is 5. The largest absolute Gasteiger partial charge is 0.454 e. The SMILES string of the molecule is CN(C(=O)c1ccc(Cl)c(Cl)c1)c1ccc(Oc2ccc3c(c2)cc(C(=O)N2CCN(Cc4ccc5c(c4)OCO5)CC2)n3C)nc1. The first kappa shape index (κ1) is 30.9. The average Bonchev–Trinajstić information content (AvgIpc) is 3.69. The summed E-state index contributed by atoms with van der Waals surface area (Å²) in [7, 11) is 3.56. The molecule has 1 saturated heterocycles. The third-order valence-corrected chi connectivity index (χ3v) is 9.28. The normalized spacial score (nSPS) is 14.4. The van der Waals surface area contributed by atoms with Crippen LogP contribution in [0, 0.1) is 0 Å². The summed E-state index contributed by atoms with van der Waals surface area (Å²) in [6.07, 6.45) is 1.57. The highest BCUT2D eigenvalue weighted by Crippen LogP contribution is 2.33. The maximum atomic E-state index is 13.6. The molecule has 0 bridgehead atoms. The molecule has 12 heteroatoms. The van der Waals surface area contributed by atoms with Gasteiger partial charge in [-0.1, -0.05) is 29.3 Å². The molecule has 4 heterocycles. The van der Waals surface area contributed by atoms with Crippen LogP contribution in [0.5, 0.6) is 23.1 Å². The Morgan fingerprint density at radius 2 is 1.70 bits per heavy atom. The van der Waals surface area contributed by atoms with Gasteiger partial charge in [0.2, 0.25) is 12.7 Å². The van der Waals surface area contributed by atoms with E-state index in [4.69, 9.17) is 37.4 Å². The zero-order valence-corrected chi connectivity index (χ0v) is 27.3. The molecule has 0 aliphatic carbocycles. The number of fused-ring (bicyclic) bond motifs is 2. The minimum Gasteiger partial charge on any atom is -0.454 e. The summed E-state index contributed by atoms with van der Waals surface area (Å²) in [6.45, 7) is 3.92. The average molecular weight is 673 g/mol. The van der Waals surface area contributed by atoms with E-state index < -0.39 is 0 Å². The van der Waals surface area contributed by atoms with E-state index in [1.54, 1.807) is 37.5 Å². The van der Waals surface area contributed by atoms with Gasteiger partial charge in [0.25, 0.3) is 11.8 Å². The van der Waals surface area contributed by atoms with Gasteiger partial charge in [0, 0.05) is 69.4 Å². The van der Waals surface area contributed by atoms with E-state index in [1.165, 1.54) is 11.0 Å². The van der Waals surface area contributed by atoms with Crippen LogP contribution in [0.15, 0.2) is 79.0 Å². The highest BCUT2D eigenvalue weighted by molar-refractivity contribution is 6.42. The minimum atomic E-state index is -0.248. The number of aryl methyl sites for hydroxylation is 1. The molecule has 1 fully saturated rings. The number of carbonyl (C=O) groups is 2. The summed E-state index contributed by atoms with van der Waals surface area (Å²) in [6, 6.07) is 21.8. The highest BCUT2D eigenvalue weighted by atomic mass is 35.5. The minimum absolute atomic E-state index is 0.00527. The number of anilines is 1. The molecule has 0 saturated carbocycles.